The molecule has 0 aliphatic carbocycles. The van der Waals surface area contributed by atoms with Crippen molar-refractivity contribution in [2.24, 2.45) is 5.10 Å². The van der Waals surface area contributed by atoms with Crippen molar-refractivity contribution >= 4 is 22.5 Å². The Labute approximate surface area is 135 Å². The molecule has 2 aliphatic rings. The summed E-state index contributed by atoms with van der Waals surface area (Å²) in [5, 5.41) is 16.1. The minimum atomic E-state index is -0.417. The average molecular weight is 329 g/mol. The maximum atomic E-state index is 11.4. The van der Waals surface area contributed by atoms with Crippen molar-refractivity contribution < 1.29 is 14.4 Å². The highest BCUT2D eigenvalue weighted by Gasteiger charge is 2.31. The van der Waals surface area contributed by atoms with Gasteiger partial charge in [0, 0.05) is 5.56 Å². The van der Waals surface area contributed by atoms with Crippen LogP contribution in [0.4, 0.5) is 5.69 Å². The second-order valence-electron chi connectivity index (χ2n) is 4.93. The highest BCUT2D eigenvalue weighted by Crippen LogP contribution is 2.44. The summed E-state index contributed by atoms with van der Waals surface area (Å²) in [5.41, 5.74) is 4.43. The number of hydrazone groups is 1. The Hall–Kier alpha value is -2.74. The number of ether oxygens (including phenoxy) is 2. The summed E-state index contributed by atoms with van der Waals surface area (Å²) in [5.74, 6) is 0.911. The molecule has 2 aliphatic heterocycles. The summed E-state index contributed by atoms with van der Waals surface area (Å²) in [6.45, 7) is 0.0763. The van der Waals surface area contributed by atoms with Crippen molar-refractivity contribution in [2.45, 2.75) is 5.37 Å². The predicted molar refractivity (Wildman–Crippen MR) is 85.7 cm³/mol. The molecule has 0 fully saturated rings. The van der Waals surface area contributed by atoms with Crippen LogP contribution in [0.1, 0.15) is 16.5 Å². The van der Waals surface area contributed by atoms with Crippen LogP contribution in [-0.4, -0.2) is 16.8 Å². The van der Waals surface area contributed by atoms with E-state index in [0.717, 1.165) is 10.6 Å². The highest BCUT2D eigenvalue weighted by atomic mass is 32.2. The van der Waals surface area contributed by atoms with E-state index in [4.69, 9.17) is 9.47 Å². The Balaban J connectivity index is 1.66. The fourth-order valence-electron chi connectivity index (χ4n) is 2.44. The molecule has 0 aromatic heterocycles. The molecule has 0 amide bonds. The van der Waals surface area contributed by atoms with Gasteiger partial charge in [0.15, 0.2) is 11.5 Å². The van der Waals surface area contributed by atoms with Gasteiger partial charge in [0.1, 0.15) is 10.4 Å². The van der Waals surface area contributed by atoms with Gasteiger partial charge in [-0.15, -0.1) is 0 Å². The summed E-state index contributed by atoms with van der Waals surface area (Å²) in [4.78, 5) is 10.9. The van der Waals surface area contributed by atoms with E-state index >= 15 is 0 Å². The monoisotopic (exact) mass is 329 g/mol. The van der Waals surface area contributed by atoms with Gasteiger partial charge in [-0.1, -0.05) is 42.1 Å². The van der Waals surface area contributed by atoms with Crippen molar-refractivity contribution in [1.29, 1.82) is 0 Å². The van der Waals surface area contributed by atoms with E-state index in [0.29, 0.717) is 17.1 Å². The number of hydrogen-bond acceptors (Lipinski definition) is 7. The lowest BCUT2D eigenvalue weighted by atomic mass is 10.1. The summed E-state index contributed by atoms with van der Waals surface area (Å²) < 4.78 is 10.5. The first-order chi connectivity index (χ1) is 11.2. The van der Waals surface area contributed by atoms with Crippen LogP contribution in [0.3, 0.4) is 0 Å². The Kier molecular flexibility index (Phi) is 3.30. The average Bonchev–Trinajstić information content (AvgIpc) is 3.23. The summed E-state index contributed by atoms with van der Waals surface area (Å²) in [6, 6.07) is 12.7. The third-order valence-electron chi connectivity index (χ3n) is 3.53. The van der Waals surface area contributed by atoms with Gasteiger partial charge in [0.25, 0.3) is 5.69 Å². The number of benzene rings is 2. The molecule has 23 heavy (non-hydrogen) atoms. The van der Waals surface area contributed by atoms with E-state index in [1.807, 2.05) is 30.3 Å². The zero-order chi connectivity index (χ0) is 15.8. The van der Waals surface area contributed by atoms with Crippen molar-refractivity contribution in [3.63, 3.8) is 0 Å². The molecule has 0 spiro atoms. The van der Waals surface area contributed by atoms with Crippen LogP contribution in [0, 0.1) is 10.1 Å². The predicted octanol–water partition coefficient (Wildman–Crippen LogP) is 3.02. The van der Waals surface area contributed by atoms with E-state index in [1.165, 1.54) is 17.8 Å². The third kappa shape index (κ3) is 2.46. The second-order valence-corrected chi connectivity index (χ2v) is 6.03. The lowest BCUT2D eigenvalue weighted by molar-refractivity contribution is -0.385. The maximum Gasteiger partial charge on any atom is 0.279 e. The zero-order valence-corrected chi connectivity index (χ0v) is 12.6. The highest BCUT2D eigenvalue weighted by molar-refractivity contribution is 8.14. The van der Waals surface area contributed by atoms with Crippen molar-refractivity contribution in [3.8, 4) is 11.5 Å². The van der Waals surface area contributed by atoms with Gasteiger partial charge in [0.05, 0.1) is 16.6 Å². The van der Waals surface area contributed by atoms with Crippen LogP contribution in [0.5, 0.6) is 11.5 Å². The number of nitro benzene ring substituents is 1. The topological polar surface area (TPSA) is 86.0 Å². The third-order valence-corrected chi connectivity index (χ3v) is 4.68. The number of rotatable bonds is 3. The quantitative estimate of drug-likeness (QED) is 0.688. The molecule has 0 unspecified atom stereocenters. The van der Waals surface area contributed by atoms with E-state index in [2.05, 4.69) is 10.5 Å². The number of hydrogen-bond donors (Lipinski definition) is 1. The minimum absolute atomic E-state index is 0.0104. The summed E-state index contributed by atoms with van der Waals surface area (Å²) in [6.07, 6.45) is 0. The molecule has 0 radical (unpaired) electrons. The molecule has 7 nitrogen and oxygen atoms in total. The number of fused-ring (bicyclic) bond motifs is 1. The summed E-state index contributed by atoms with van der Waals surface area (Å²) in [7, 11) is 0. The van der Waals surface area contributed by atoms with Gasteiger partial charge in [0.2, 0.25) is 6.79 Å². The molecular weight excluding hydrogens is 318 g/mol. The standard InChI is InChI=1S/C15H11N3O4S/c19-18(20)11-7-13-12(21-8-22-13)6-10(11)15-17-16-14(23-15)9-4-2-1-3-5-9/h1-7,15,17H,8H2/t15-/m1/s1. The number of nitrogens with zero attached hydrogens (tertiary/aromatic N) is 2. The van der Waals surface area contributed by atoms with E-state index < -0.39 is 4.92 Å². The first-order valence-corrected chi connectivity index (χ1v) is 7.73. The van der Waals surface area contributed by atoms with Crippen molar-refractivity contribution in [2.75, 3.05) is 6.79 Å². The smallest absolute Gasteiger partial charge is 0.279 e. The first kappa shape index (κ1) is 13.9. The Morgan fingerprint density at radius 2 is 1.96 bits per heavy atom. The zero-order valence-electron chi connectivity index (χ0n) is 11.8. The van der Waals surface area contributed by atoms with Gasteiger partial charge >= 0.3 is 0 Å². The van der Waals surface area contributed by atoms with E-state index in [9.17, 15) is 10.1 Å². The lowest BCUT2D eigenvalue weighted by Gasteiger charge is -2.11. The molecule has 1 N–H and O–H groups in total. The molecule has 2 aromatic carbocycles. The molecule has 116 valence electrons. The summed E-state index contributed by atoms with van der Waals surface area (Å²) >= 11 is 1.43. The van der Waals surface area contributed by atoms with Crippen LogP contribution in [0.15, 0.2) is 47.6 Å². The molecule has 0 bridgehead atoms. The van der Waals surface area contributed by atoms with Crippen molar-refractivity contribution in [1.82, 2.24) is 5.43 Å². The number of thioether (sulfide) groups is 1. The SMILES string of the molecule is O=[N+]([O-])c1cc2c(cc1[C@@H]1NN=C(c3ccccc3)S1)OCO2. The molecular formula is C15H11N3O4S. The normalized spacial score (nSPS) is 18.4. The first-order valence-electron chi connectivity index (χ1n) is 6.85. The molecule has 4 rings (SSSR count). The molecule has 0 saturated carbocycles. The van der Waals surface area contributed by atoms with Crippen LogP contribution in [-0.2, 0) is 0 Å². The van der Waals surface area contributed by atoms with Gasteiger partial charge in [-0.2, -0.15) is 5.10 Å². The Morgan fingerprint density at radius 1 is 1.22 bits per heavy atom. The lowest BCUT2D eigenvalue weighted by Crippen LogP contribution is -2.09. The van der Waals surface area contributed by atoms with Gasteiger partial charge in [-0.3, -0.25) is 15.5 Å². The van der Waals surface area contributed by atoms with Crippen molar-refractivity contribution in [3.05, 3.63) is 63.7 Å². The number of nitro groups is 1. The largest absolute Gasteiger partial charge is 0.454 e. The minimum Gasteiger partial charge on any atom is -0.454 e. The fourth-order valence-corrected chi connectivity index (χ4v) is 3.47. The van der Waals surface area contributed by atoms with Crippen LogP contribution >= 0.6 is 11.8 Å². The molecule has 0 saturated heterocycles. The number of nitrogens with one attached hydrogen (secondary N) is 1. The molecule has 8 heteroatoms. The van der Waals surface area contributed by atoms with Crippen LogP contribution < -0.4 is 14.9 Å². The van der Waals surface area contributed by atoms with E-state index in [-0.39, 0.29) is 17.9 Å². The maximum absolute atomic E-state index is 11.4. The Morgan fingerprint density at radius 3 is 2.70 bits per heavy atom. The fraction of sp³-hybridized carbons (Fsp3) is 0.133. The second kappa shape index (κ2) is 5.47. The molecule has 2 aromatic rings. The van der Waals surface area contributed by atoms with Gasteiger partial charge < -0.3 is 9.47 Å². The molecule has 2 heterocycles. The van der Waals surface area contributed by atoms with Gasteiger partial charge in [-0.25, -0.2) is 0 Å². The van der Waals surface area contributed by atoms with Crippen LogP contribution in [0.25, 0.3) is 0 Å². The van der Waals surface area contributed by atoms with Gasteiger partial charge in [-0.05, 0) is 6.07 Å². The molecule has 1 atom stereocenters. The van der Waals surface area contributed by atoms with E-state index in [1.54, 1.807) is 6.07 Å². The Bertz CT molecular complexity index is 810. The van der Waals surface area contributed by atoms with Crippen LogP contribution in [0.2, 0.25) is 0 Å².